The highest BCUT2D eigenvalue weighted by molar-refractivity contribution is 7.90. The number of carbonyl (C=O) groups excluding carboxylic acids is 5. The van der Waals surface area contributed by atoms with E-state index in [1.54, 1.807) is 52.8 Å². The molecule has 0 aliphatic carbocycles. The van der Waals surface area contributed by atoms with E-state index in [1.807, 2.05) is 4.72 Å². The van der Waals surface area contributed by atoms with Gasteiger partial charge in [0.2, 0.25) is 5.78 Å². The minimum absolute atomic E-state index is 0.0517. The smallest absolute Gasteiger partial charge is 0.434 e. The predicted octanol–water partition coefficient (Wildman–Crippen LogP) is 5.07. The topological polar surface area (TPSA) is 207 Å². The summed E-state index contributed by atoms with van der Waals surface area (Å²) < 4.78 is 32.7. The van der Waals surface area contributed by atoms with Crippen molar-refractivity contribution in [3.8, 4) is 0 Å². The third-order valence-corrected chi connectivity index (χ3v) is 11.4. The lowest BCUT2D eigenvalue weighted by Gasteiger charge is -2.40. The maximum atomic E-state index is 15.1. The third kappa shape index (κ3) is 7.72. The Kier molecular flexibility index (Phi) is 11.9. The van der Waals surface area contributed by atoms with Crippen LogP contribution in [0.2, 0.25) is 5.02 Å². The van der Waals surface area contributed by atoms with Crippen molar-refractivity contribution in [3.05, 3.63) is 94.3 Å². The van der Waals surface area contributed by atoms with Crippen LogP contribution >= 0.6 is 11.6 Å². The number of aliphatic hydroxyl groups excluding tert-OH is 1. The molecule has 286 valence electrons. The number of quaternary nitrogens is 1. The standard InChI is InChI=1S/C38H42ClN5O9S/c1-21(2)31(40)37(49)44(18-6-7-23(44)5)38(50)43(32(22(3)4)33(46)35-41-29-19-24(20-45)8-17-30(29)53-35)36(48)26-11-9-25(10-12-26)34(47)42-54(51,52)28-15-13-27(39)14-16-28/h8-17,19,21-23,31-32,45H,6-7,18,20,40H2,1-5H3/p+1/t23-,31+,32?,44?/m1/s1. The maximum Gasteiger partial charge on any atom is 0.434 e. The molecule has 2 unspecified atom stereocenters. The fourth-order valence-corrected chi connectivity index (χ4v) is 7.74. The van der Waals surface area contributed by atoms with Crippen LogP contribution in [0.5, 0.6) is 0 Å². The average Bonchev–Trinajstić information content (AvgIpc) is 3.75. The summed E-state index contributed by atoms with van der Waals surface area (Å²) in [5, 5.41) is 9.90. The van der Waals surface area contributed by atoms with Crippen LogP contribution in [0.1, 0.15) is 84.4 Å². The number of urea groups is 1. The molecule has 1 aromatic heterocycles. The van der Waals surface area contributed by atoms with E-state index in [0.717, 1.165) is 4.90 Å². The highest BCUT2D eigenvalue weighted by Gasteiger charge is 2.59. The summed E-state index contributed by atoms with van der Waals surface area (Å²) in [4.78, 5) is 76.4. The third-order valence-electron chi connectivity index (χ3n) is 9.82. The molecule has 54 heavy (non-hydrogen) atoms. The fourth-order valence-electron chi connectivity index (χ4n) is 6.64. The number of hydrogen-bond donors (Lipinski definition) is 3. The number of hydrogen-bond acceptors (Lipinski definition) is 11. The van der Waals surface area contributed by atoms with Gasteiger partial charge in [0, 0.05) is 29.0 Å². The van der Waals surface area contributed by atoms with Crippen molar-refractivity contribution in [1.29, 1.82) is 0 Å². The second-order valence-corrected chi connectivity index (χ2v) is 16.3. The number of likely N-dealkylation sites (tertiary alicyclic amines) is 1. The number of oxazole rings is 1. The van der Waals surface area contributed by atoms with Crippen LogP contribution in [-0.4, -0.2) is 82.1 Å². The van der Waals surface area contributed by atoms with Crippen molar-refractivity contribution < 1.29 is 46.4 Å². The number of Topliss-reactive ketones (excluding diaryl/α,β-unsaturated/α-hetero) is 1. The zero-order chi connectivity index (χ0) is 39.7. The molecule has 3 aromatic carbocycles. The molecule has 4 aromatic rings. The van der Waals surface area contributed by atoms with E-state index in [9.17, 15) is 32.7 Å². The molecular formula is C38H43ClN5O9S+. The van der Waals surface area contributed by atoms with Crippen molar-refractivity contribution >= 4 is 62.3 Å². The summed E-state index contributed by atoms with van der Waals surface area (Å²) in [6.45, 7) is 8.28. The number of benzene rings is 3. The molecule has 1 fully saturated rings. The first-order chi connectivity index (χ1) is 25.4. The first kappa shape index (κ1) is 40.4. The van der Waals surface area contributed by atoms with E-state index in [4.69, 9.17) is 21.8 Å². The van der Waals surface area contributed by atoms with Crippen molar-refractivity contribution in [3.63, 3.8) is 0 Å². The molecule has 14 nitrogen and oxygen atoms in total. The summed E-state index contributed by atoms with van der Waals surface area (Å²) >= 11 is 5.86. The van der Waals surface area contributed by atoms with Crippen LogP contribution in [0.4, 0.5) is 4.79 Å². The second-order valence-electron chi connectivity index (χ2n) is 14.1. The zero-order valence-corrected chi connectivity index (χ0v) is 32.1. The molecule has 0 bridgehead atoms. The Morgan fingerprint density at radius 3 is 2.17 bits per heavy atom. The van der Waals surface area contributed by atoms with E-state index in [-0.39, 0.29) is 52.1 Å². The van der Waals surface area contributed by atoms with Crippen LogP contribution in [-0.2, 0) is 21.4 Å². The molecule has 5 rings (SSSR count). The van der Waals surface area contributed by atoms with Gasteiger partial charge in [0.1, 0.15) is 23.6 Å². The number of nitrogens with zero attached hydrogens (tertiary/aromatic N) is 3. The maximum absolute atomic E-state index is 15.1. The van der Waals surface area contributed by atoms with Gasteiger partial charge in [-0.1, -0.05) is 45.4 Å². The summed E-state index contributed by atoms with van der Waals surface area (Å²) in [5.41, 5.74) is 7.17. The van der Waals surface area contributed by atoms with Gasteiger partial charge in [0.15, 0.2) is 5.58 Å². The van der Waals surface area contributed by atoms with Gasteiger partial charge in [-0.3, -0.25) is 14.4 Å². The van der Waals surface area contributed by atoms with Crippen LogP contribution in [0.25, 0.3) is 11.1 Å². The van der Waals surface area contributed by atoms with E-state index < -0.39 is 68.1 Å². The van der Waals surface area contributed by atoms with Gasteiger partial charge in [-0.2, -0.15) is 4.48 Å². The Labute approximate surface area is 317 Å². The molecule has 1 aliphatic heterocycles. The average molecular weight is 781 g/mol. The minimum atomic E-state index is -4.28. The van der Waals surface area contributed by atoms with E-state index in [2.05, 4.69) is 4.98 Å². The number of halogens is 1. The number of aliphatic hydroxyl groups is 1. The number of nitrogens with two attached hydrogens (primary N) is 1. The molecule has 0 radical (unpaired) electrons. The van der Waals surface area contributed by atoms with Crippen LogP contribution in [0, 0.1) is 11.8 Å². The molecule has 0 spiro atoms. The van der Waals surface area contributed by atoms with Gasteiger partial charge in [0.05, 0.1) is 18.0 Å². The second kappa shape index (κ2) is 15.9. The Hall–Kier alpha value is -4.80. The molecule has 4 atom stereocenters. The quantitative estimate of drug-likeness (QED) is 0.135. The molecule has 1 saturated heterocycles. The highest BCUT2D eigenvalue weighted by Crippen LogP contribution is 2.34. The number of amides is 5. The Bertz CT molecular complexity index is 2200. The summed E-state index contributed by atoms with van der Waals surface area (Å²) in [6, 6.07) is 10.7. The number of ketones is 1. The van der Waals surface area contributed by atoms with E-state index in [1.165, 1.54) is 48.5 Å². The Morgan fingerprint density at radius 1 is 0.981 bits per heavy atom. The van der Waals surface area contributed by atoms with Crippen LogP contribution in [0.15, 0.2) is 76.0 Å². The highest BCUT2D eigenvalue weighted by atomic mass is 35.5. The predicted molar refractivity (Wildman–Crippen MR) is 199 cm³/mol. The number of imide groups is 2. The molecule has 4 N–H and O–H groups in total. The molecule has 0 saturated carbocycles. The Morgan fingerprint density at radius 2 is 1.61 bits per heavy atom. The Balaban J connectivity index is 1.57. The lowest BCUT2D eigenvalue weighted by Crippen LogP contribution is -2.70. The van der Waals surface area contributed by atoms with Crippen molar-refractivity contribution in [2.75, 3.05) is 6.54 Å². The van der Waals surface area contributed by atoms with Gasteiger partial charge in [-0.25, -0.2) is 32.6 Å². The number of carbonyl (C=O) groups is 5. The number of sulfonamides is 1. The van der Waals surface area contributed by atoms with Gasteiger partial charge in [-0.15, -0.1) is 0 Å². The molecular weight excluding hydrogens is 738 g/mol. The summed E-state index contributed by atoms with van der Waals surface area (Å²) in [7, 11) is -4.28. The molecule has 1 aliphatic rings. The van der Waals surface area contributed by atoms with E-state index >= 15 is 4.79 Å². The summed E-state index contributed by atoms with van der Waals surface area (Å²) in [6.07, 6.45) is 0.957. The molecule has 16 heteroatoms. The van der Waals surface area contributed by atoms with Gasteiger partial charge >= 0.3 is 11.9 Å². The zero-order valence-electron chi connectivity index (χ0n) is 30.5. The first-order valence-corrected chi connectivity index (χ1v) is 19.3. The van der Waals surface area contributed by atoms with Gasteiger partial charge in [0.25, 0.3) is 27.7 Å². The monoisotopic (exact) mass is 780 g/mol. The van der Waals surface area contributed by atoms with Crippen molar-refractivity contribution in [2.24, 2.45) is 17.6 Å². The summed E-state index contributed by atoms with van der Waals surface area (Å²) in [5.74, 6) is -4.77. The van der Waals surface area contributed by atoms with Crippen LogP contribution in [0.3, 0.4) is 0 Å². The van der Waals surface area contributed by atoms with E-state index in [0.29, 0.717) is 23.4 Å². The SMILES string of the molecule is CC(C)C(C(=O)c1nc2cc(CO)ccc2o1)N(C(=O)c1ccc(C(=O)NS(=O)(=O)c2ccc(Cl)cc2)cc1)C(=O)[N+]1(C(=O)[C@@H](N)C(C)C)CCC[C@H]1C. The molecule has 2 heterocycles. The lowest BCUT2D eigenvalue weighted by atomic mass is 9.96. The number of nitrogens with one attached hydrogen (secondary N) is 1. The fraction of sp³-hybridized carbons (Fsp3) is 0.368. The largest absolute Gasteiger partial charge is 0.434 e. The first-order valence-electron chi connectivity index (χ1n) is 17.5. The number of aromatic nitrogens is 1. The minimum Gasteiger partial charge on any atom is -0.434 e. The molecule has 5 amide bonds. The van der Waals surface area contributed by atoms with Crippen molar-refractivity contribution in [2.45, 2.75) is 77.1 Å². The van der Waals surface area contributed by atoms with Crippen LogP contribution < -0.4 is 10.5 Å². The number of fused-ring (bicyclic) bond motifs is 1. The van der Waals surface area contributed by atoms with Gasteiger partial charge in [-0.05, 0) is 85.0 Å². The normalized spacial score (nSPS) is 18.4. The van der Waals surface area contributed by atoms with Gasteiger partial charge < -0.3 is 15.3 Å². The van der Waals surface area contributed by atoms with Crippen molar-refractivity contribution in [1.82, 2.24) is 14.6 Å². The number of rotatable bonds is 11. The lowest BCUT2D eigenvalue weighted by molar-refractivity contribution is -0.788.